The van der Waals surface area contributed by atoms with Gasteiger partial charge in [-0.15, -0.1) is 0 Å². The van der Waals surface area contributed by atoms with E-state index in [0.29, 0.717) is 6.42 Å². The van der Waals surface area contributed by atoms with Gasteiger partial charge >= 0.3 is 0 Å². The van der Waals surface area contributed by atoms with Gasteiger partial charge in [-0.1, -0.05) is 30.4 Å². The first-order chi connectivity index (χ1) is 7.79. The normalized spacial score (nSPS) is 10.7. The Morgan fingerprint density at radius 2 is 1.94 bits per heavy atom. The lowest BCUT2D eigenvalue weighted by Crippen LogP contribution is -1.75. The summed E-state index contributed by atoms with van der Waals surface area (Å²) in [5.41, 5.74) is 1.04. The predicted octanol–water partition coefficient (Wildman–Crippen LogP) is 3.47. The van der Waals surface area contributed by atoms with Crippen molar-refractivity contribution >= 4 is 16.8 Å². The molecule has 78 valence electrons. The van der Waals surface area contributed by atoms with Crippen LogP contribution in [0.5, 0.6) is 5.75 Å². The van der Waals surface area contributed by atoms with Crippen molar-refractivity contribution in [3.05, 3.63) is 48.0 Å². The van der Waals surface area contributed by atoms with Crippen molar-refractivity contribution < 1.29 is 5.11 Å². The fourth-order valence-electron chi connectivity index (χ4n) is 1.60. The molecule has 0 aliphatic rings. The average Bonchev–Trinajstić information content (AvgIpc) is 2.29. The van der Waals surface area contributed by atoms with Crippen molar-refractivity contribution in [2.24, 2.45) is 0 Å². The molecule has 16 heavy (non-hydrogen) atoms. The minimum atomic E-state index is 0.269. The number of aromatic hydroxyl groups is 1. The van der Waals surface area contributed by atoms with Gasteiger partial charge in [0.05, 0.1) is 12.5 Å². The van der Waals surface area contributed by atoms with Gasteiger partial charge in [0, 0.05) is 0 Å². The summed E-state index contributed by atoms with van der Waals surface area (Å²) in [6, 6.07) is 13.3. The molecule has 0 aliphatic carbocycles. The van der Waals surface area contributed by atoms with Crippen molar-refractivity contribution in [2.45, 2.75) is 6.42 Å². The summed E-state index contributed by atoms with van der Waals surface area (Å²) in [7, 11) is 0. The van der Waals surface area contributed by atoms with Gasteiger partial charge in [0.25, 0.3) is 0 Å². The van der Waals surface area contributed by atoms with Crippen LogP contribution in [0, 0.1) is 11.3 Å². The van der Waals surface area contributed by atoms with Gasteiger partial charge < -0.3 is 5.11 Å². The van der Waals surface area contributed by atoms with Gasteiger partial charge in [-0.05, 0) is 34.5 Å². The Hall–Kier alpha value is -2.27. The minimum absolute atomic E-state index is 0.269. The average molecular weight is 209 g/mol. The molecule has 0 bridgehead atoms. The lowest BCUT2D eigenvalue weighted by atomic mass is 10.1. The van der Waals surface area contributed by atoms with Gasteiger partial charge in [-0.2, -0.15) is 5.26 Å². The molecule has 0 radical (unpaired) electrons. The molecule has 2 rings (SSSR count). The SMILES string of the molecule is N#CCC=Cc1ccc2ccc(O)cc2c1. The largest absolute Gasteiger partial charge is 0.508 e. The van der Waals surface area contributed by atoms with Gasteiger partial charge in [0.2, 0.25) is 0 Å². The van der Waals surface area contributed by atoms with E-state index in [2.05, 4.69) is 6.07 Å². The lowest BCUT2D eigenvalue weighted by molar-refractivity contribution is 0.476. The molecule has 1 N–H and O–H groups in total. The van der Waals surface area contributed by atoms with E-state index in [4.69, 9.17) is 5.26 Å². The molecular weight excluding hydrogens is 198 g/mol. The van der Waals surface area contributed by atoms with E-state index in [9.17, 15) is 5.11 Å². The molecule has 2 aromatic rings. The van der Waals surface area contributed by atoms with Crippen LogP contribution in [-0.4, -0.2) is 5.11 Å². The van der Waals surface area contributed by atoms with Crippen LogP contribution < -0.4 is 0 Å². The van der Waals surface area contributed by atoms with Gasteiger partial charge in [0.15, 0.2) is 0 Å². The fraction of sp³-hybridized carbons (Fsp3) is 0.0714. The smallest absolute Gasteiger partial charge is 0.116 e. The minimum Gasteiger partial charge on any atom is -0.508 e. The molecule has 0 unspecified atom stereocenters. The zero-order chi connectivity index (χ0) is 11.4. The summed E-state index contributed by atoms with van der Waals surface area (Å²) in [6.45, 7) is 0. The Morgan fingerprint density at radius 3 is 2.75 bits per heavy atom. The molecule has 0 spiro atoms. The number of fused-ring (bicyclic) bond motifs is 1. The number of allylic oxidation sites excluding steroid dienone is 1. The first-order valence-electron chi connectivity index (χ1n) is 5.06. The molecule has 0 aromatic heterocycles. The van der Waals surface area contributed by atoms with E-state index in [1.807, 2.05) is 36.4 Å². The van der Waals surface area contributed by atoms with Crippen LogP contribution in [0.15, 0.2) is 42.5 Å². The van der Waals surface area contributed by atoms with Crippen molar-refractivity contribution in [1.29, 1.82) is 5.26 Å². The van der Waals surface area contributed by atoms with Crippen LogP contribution >= 0.6 is 0 Å². The van der Waals surface area contributed by atoms with Crippen molar-refractivity contribution in [2.75, 3.05) is 0 Å². The van der Waals surface area contributed by atoms with E-state index in [-0.39, 0.29) is 5.75 Å². The maximum Gasteiger partial charge on any atom is 0.116 e. The van der Waals surface area contributed by atoms with Gasteiger partial charge in [-0.25, -0.2) is 0 Å². The van der Waals surface area contributed by atoms with Crippen molar-refractivity contribution in [3.63, 3.8) is 0 Å². The second-order valence-corrected chi connectivity index (χ2v) is 3.56. The Kier molecular flexibility index (Phi) is 2.88. The highest BCUT2D eigenvalue weighted by molar-refractivity contribution is 5.85. The van der Waals surface area contributed by atoms with Crippen LogP contribution in [0.4, 0.5) is 0 Å². The Morgan fingerprint density at radius 1 is 1.12 bits per heavy atom. The van der Waals surface area contributed by atoms with Crippen LogP contribution in [0.25, 0.3) is 16.8 Å². The number of nitriles is 1. The summed E-state index contributed by atoms with van der Waals surface area (Å²) >= 11 is 0. The molecule has 2 aromatic carbocycles. The van der Waals surface area contributed by atoms with E-state index >= 15 is 0 Å². The van der Waals surface area contributed by atoms with Crippen LogP contribution in [0.3, 0.4) is 0 Å². The lowest BCUT2D eigenvalue weighted by Gasteiger charge is -2.00. The topological polar surface area (TPSA) is 44.0 Å². The Bertz CT molecular complexity index is 579. The molecule has 0 saturated carbocycles. The second kappa shape index (κ2) is 4.50. The fourth-order valence-corrected chi connectivity index (χ4v) is 1.60. The highest BCUT2D eigenvalue weighted by atomic mass is 16.3. The molecule has 2 nitrogen and oxygen atoms in total. The summed E-state index contributed by atoms with van der Waals surface area (Å²) in [5, 5.41) is 19.9. The number of benzene rings is 2. The molecule has 0 fully saturated rings. The Balaban J connectivity index is 2.39. The maximum atomic E-state index is 9.37. The summed E-state index contributed by atoms with van der Waals surface area (Å²) in [6.07, 6.45) is 4.15. The quantitative estimate of drug-likeness (QED) is 0.822. The van der Waals surface area contributed by atoms with Crippen LogP contribution in [0.1, 0.15) is 12.0 Å². The molecule has 0 saturated heterocycles. The number of nitrogens with zero attached hydrogens (tertiary/aromatic N) is 1. The standard InChI is InChI=1S/C14H11NO/c15-8-2-1-3-11-4-5-12-6-7-14(16)10-13(12)9-11/h1,3-7,9-10,16H,2H2. The first-order valence-corrected chi connectivity index (χ1v) is 5.06. The van der Waals surface area contributed by atoms with Crippen molar-refractivity contribution in [3.8, 4) is 11.8 Å². The summed E-state index contributed by atoms with van der Waals surface area (Å²) in [5.74, 6) is 0.269. The third kappa shape index (κ3) is 2.21. The molecule has 0 amide bonds. The first kappa shape index (κ1) is 10.3. The zero-order valence-electron chi connectivity index (χ0n) is 8.72. The van der Waals surface area contributed by atoms with Crippen LogP contribution in [-0.2, 0) is 0 Å². The monoisotopic (exact) mass is 209 g/mol. The predicted molar refractivity (Wildman–Crippen MR) is 64.9 cm³/mol. The van der Waals surface area contributed by atoms with Gasteiger partial charge in [-0.3, -0.25) is 0 Å². The van der Waals surface area contributed by atoms with E-state index < -0.39 is 0 Å². The number of hydrogen-bond donors (Lipinski definition) is 1. The third-order valence-corrected chi connectivity index (χ3v) is 2.37. The summed E-state index contributed by atoms with van der Waals surface area (Å²) < 4.78 is 0. The third-order valence-electron chi connectivity index (χ3n) is 2.37. The highest BCUT2D eigenvalue weighted by Gasteiger charge is 1.95. The molecule has 0 atom stereocenters. The van der Waals surface area contributed by atoms with E-state index in [1.54, 1.807) is 12.1 Å². The zero-order valence-corrected chi connectivity index (χ0v) is 8.72. The molecule has 0 heterocycles. The molecule has 2 heteroatoms. The second-order valence-electron chi connectivity index (χ2n) is 3.56. The van der Waals surface area contributed by atoms with Crippen LogP contribution in [0.2, 0.25) is 0 Å². The van der Waals surface area contributed by atoms with E-state index in [0.717, 1.165) is 16.3 Å². The van der Waals surface area contributed by atoms with Crippen molar-refractivity contribution in [1.82, 2.24) is 0 Å². The number of rotatable bonds is 2. The number of hydrogen-bond acceptors (Lipinski definition) is 2. The molecule has 0 aliphatic heterocycles. The number of phenolic OH excluding ortho intramolecular Hbond substituents is 1. The Labute approximate surface area is 94.1 Å². The highest BCUT2D eigenvalue weighted by Crippen LogP contribution is 2.21. The number of phenols is 1. The maximum absolute atomic E-state index is 9.37. The summed E-state index contributed by atoms with van der Waals surface area (Å²) in [4.78, 5) is 0. The van der Waals surface area contributed by atoms with E-state index in [1.165, 1.54) is 0 Å². The van der Waals surface area contributed by atoms with Gasteiger partial charge in [0.1, 0.15) is 5.75 Å². The molecular formula is C14H11NO.